The summed E-state index contributed by atoms with van der Waals surface area (Å²) in [6.07, 6.45) is 2.62. The lowest BCUT2D eigenvalue weighted by atomic mass is 10.1. The third-order valence-electron chi connectivity index (χ3n) is 2.85. The van der Waals surface area contributed by atoms with Crippen LogP contribution in [0, 0.1) is 0 Å². The predicted molar refractivity (Wildman–Crippen MR) is 77.7 cm³/mol. The van der Waals surface area contributed by atoms with Crippen LogP contribution in [0.25, 0.3) is 6.08 Å². The zero-order chi connectivity index (χ0) is 14.3. The van der Waals surface area contributed by atoms with Gasteiger partial charge >= 0.3 is 0 Å². The predicted octanol–water partition coefficient (Wildman–Crippen LogP) is 2.25. The van der Waals surface area contributed by atoms with Gasteiger partial charge in [0.2, 0.25) is 0 Å². The normalized spacial score (nSPS) is 11.2. The van der Waals surface area contributed by atoms with E-state index >= 15 is 0 Å². The Morgan fingerprint density at radius 1 is 1.32 bits per heavy atom. The quantitative estimate of drug-likeness (QED) is 0.800. The smallest absolute Gasteiger partial charge is 0.269 e. The Kier molecular flexibility index (Phi) is 5.93. The molecule has 0 atom stereocenters. The molecule has 0 unspecified atom stereocenters. The first kappa shape index (κ1) is 15.1. The standard InChI is InChI=1S/C15H22N2O2/c1-4-10-17(5-2)15(18)14(16)11-12-6-8-13(19-3)9-7-12/h6-9,11H,4-5,10,16H2,1-3H3/b14-11+. The zero-order valence-electron chi connectivity index (χ0n) is 11.8. The first-order valence-corrected chi connectivity index (χ1v) is 6.52. The SMILES string of the molecule is CCCN(CC)C(=O)/C(N)=C\c1ccc(OC)cc1. The Bertz CT molecular complexity index is 438. The van der Waals surface area contributed by atoms with Gasteiger partial charge in [0.1, 0.15) is 5.75 Å². The topological polar surface area (TPSA) is 55.6 Å². The summed E-state index contributed by atoms with van der Waals surface area (Å²) in [5.74, 6) is 0.670. The van der Waals surface area contributed by atoms with Crippen molar-refractivity contribution in [3.8, 4) is 5.75 Å². The average Bonchev–Trinajstić information content (AvgIpc) is 2.44. The van der Waals surface area contributed by atoms with Crippen LogP contribution in [0.1, 0.15) is 25.8 Å². The highest BCUT2D eigenvalue weighted by atomic mass is 16.5. The number of nitrogens with zero attached hydrogens (tertiary/aromatic N) is 1. The molecule has 4 nitrogen and oxygen atoms in total. The molecular formula is C15H22N2O2. The Balaban J connectivity index is 2.81. The van der Waals surface area contributed by atoms with Crippen LogP contribution in [0.3, 0.4) is 0 Å². The van der Waals surface area contributed by atoms with Crippen LogP contribution in [0.4, 0.5) is 0 Å². The highest BCUT2D eigenvalue weighted by molar-refractivity contribution is 5.96. The fourth-order valence-corrected chi connectivity index (χ4v) is 1.80. The van der Waals surface area contributed by atoms with Crippen LogP contribution in [0.2, 0.25) is 0 Å². The monoisotopic (exact) mass is 262 g/mol. The molecule has 0 bridgehead atoms. The number of methoxy groups -OCH3 is 1. The van der Waals surface area contributed by atoms with Gasteiger partial charge in [0.05, 0.1) is 12.8 Å². The van der Waals surface area contributed by atoms with E-state index in [9.17, 15) is 4.79 Å². The van der Waals surface area contributed by atoms with Crippen molar-refractivity contribution in [2.45, 2.75) is 20.3 Å². The molecular weight excluding hydrogens is 240 g/mol. The van der Waals surface area contributed by atoms with Gasteiger partial charge in [-0.15, -0.1) is 0 Å². The molecule has 0 aromatic heterocycles. The highest BCUT2D eigenvalue weighted by Gasteiger charge is 2.13. The largest absolute Gasteiger partial charge is 0.497 e. The molecule has 0 heterocycles. The summed E-state index contributed by atoms with van der Waals surface area (Å²) >= 11 is 0. The third-order valence-corrected chi connectivity index (χ3v) is 2.85. The molecule has 0 saturated carbocycles. The molecule has 1 rings (SSSR count). The van der Waals surface area contributed by atoms with Crippen molar-refractivity contribution in [2.75, 3.05) is 20.2 Å². The van der Waals surface area contributed by atoms with E-state index < -0.39 is 0 Å². The third kappa shape index (κ3) is 4.32. The molecule has 4 heteroatoms. The van der Waals surface area contributed by atoms with Gasteiger partial charge in [0.15, 0.2) is 0 Å². The van der Waals surface area contributed by atoms with Crippen molar-refractivity contribution in [2.24, 2.45) is 5.73 Å². The summed E-state index contributed by atoms with van der Waals surface area (Å²) in [5, 5.41) is 0. The van der Waals surface area contributed by atoms with Gasteiger partial charge in [0.25, 0.3) is 5.91 Å². The minimum Gasteiger partial charge on any atom is -0.497 e. The van der Waals surface area contributed by atoms with E-state index in [2.05, 4.69) is 0 Å². The Morgan fingerprint density at radius 2 is 1.95 bits per heavy atom. The van der Waals surface area contributed by atoms with Crippen molar-refractivity contribution in [3.63, 3.8) is 0 Å². The number of carbonyl (C=O) groups is 1. The summed E-state index contributed by atoms with van der Waals surface area (Å²) in [7, 11) is 1.62. The van der Waals surface area contributed by atoms with Gasteiger partial charge in [-0.05, 0) is 37.1 Å². The second-order valence-corrected chi connectivity index (χ2v) is 4.26. The summed E-state index contributed by atoms with van der Waals surface area (Å²) in [5.41, 5.74) is 7.02. The number of rotatable bonds is 6. The number of nitrogens with two attached hydrogens (primary N) is 1. The van der Waals surface area contributed by atoms with Crippen LogP contribution in [-0.2, 0) is 4.79 Å². The fourth-order valence-electron chi connectivity index (χ4n) is 1.80. The van der Waals surface area contributed by atoms with Crippen LogP contribution in [-0.4, -0.2) is 31.0 Å². The van der Waals surface area contributed by atoms with Crippen molar-refractivity contribution < 1.29 is 9.53 Å². The van der Waals surface area contributed by atoms with Crippen molar-refractivity contribution >= 4 is 12.0 Å². The van der Waals surface area contributed by atoms with Gasteiger partial charge in [-0.3, -0.25) is 4.79 Å². The second-order valence-electron chi connectivity index (χ2n) is 4.26. The van der Waals surface area contributed by atoms with Gasteiger partial charge in [-0.1, -0.05) is 19.1 Å². The minimum absolute atomic E-state index is 0.111. The van der Waals surface area contributed by atoms with E-state index in [1.807, 2.05) is 38.1 Å². The highest BCUT2D eigenvalue weighted by Crippen LogP contribution is 2.13. The summed E-state index contributed by atoms with van der Waals surface area (Å²) in [6.45, 7) is 5.39. The second kappa shape index (κ2) is 7.46. The molecule has 19 heavy (non-hydrogen) atoms. The van der Waals surface area contributed by atoms with Crippen molar-refractivity contribution in [1.29, 1.82) is 0 Å². The maximum absolute atomic E-state index is 12.1. The number of carbonyl (C=O) groups excluding carboxylic acids is 1. The summed E-state index contributed by atoms with van der Waals surface area (Å²) in [4.78, 5) is 13.8. The minimum atomic E-state index is -0.111. The fraction of sp³-hybridized carbons (Fsp3) is 0.400. The lowest BCUT2D eigenvalue weighted by Gasteiger charge is -2.20. The van der Waals surface area contributed by atoms with Gasteiger partial charge in [-0.25, -0.2) is 0 Å². The molecule has 0 aliphatic rings. The molecule has 1 aromatic rings. The number of hydrogen-bond acceptors (Lipinski definition) is 3. The number of benzene rings is 1. The molecule has 0 aliphatic carbocycles. The summed E-state index contributed by atoms with van der Waals surface area (Å²) in [6, 6.07) is 7.42. The van der Waals surface area contributed by atoms with Crippen LogP contribution in [0.5, 0.6) is 5.75 Å². The van der Waals surface area contributed by atoms with Crippen LogP contribution < -0.4 is 10.5 Å². The Hall–Kier alpha value is -1.97. The Morgan fingerprint density at radius 3 is 2.42 bits per heavy atom. The molecule has 1 amide bonds. The average molecular weight is 262 g/mol. The van der Waals surface area contributed by atoms with Crippen molar-refractivity contribution in [3.05, 3.63) is 35.5 Å². The van der Waals surface area contributed by atoms with Crippen LogP contribution >= 0.6 is 0 Å². The number of likely N-dealkylation sites (N-methyl/N-ethyl adjacent to an activating group) is 1. The lowest BCUT2D eigenvalue weighted by Crippen LogP contribution is -2.34. The lowest BCUT2D eigenvalue weighted by molar-refractivity contribution is -0.126. The molecule has 2 N–H and O–H groups in total. The summed E-state index contributed by atoms with van der Waals surface area (Å²) < 4.78 is 5.08. The maximum Gasteiger partial charge on any atom is 0.269 e. The molecule has 1 aromatic carbocycles. The van der Waals surface area contributed by atoms with E-state index in [4.69, 9.17) is 10.5 Å². The van der Waals surface area contributed by atoms with E-state index in [0.29, 0.717) is 6.54 Å². The van der Waals surface area contributed by atoms with E-state index in [-0.39, 0.29) is 11.6 Å². The Labute approximate surface area is 114 Å². The number of hydrogen-bond donors (Lipinski definition) is 1. The molecule has 0 spiro atoms. The maximum atomic E-state index is 12.1. The van der Waals surface area contributed by atoms with E-state index in [1.54, 1.807) is 18.1 Å². The molecule has 0 saturated heterocycles. The van der Waals surface area contributed by atoms with Crippen molar-refractivity contribution in [1.82, 2.24) is 4.90 Å². The number of ether oxygens (including phenoxy) is 1. The molecule has 0 radical (unpaired) electrons. The van der Waals surface area contributed by atoms with E-state index in [1.165, 1.54) is 0 Å². The van der Waals surface area contributed by atoms with Gasteiger partial charge in [-0.2, -0.15) is 0 Å². The number of amides is 1. The molecule has 0 aliphatic heterocycles. The van der Waals surface area contributed by atoms with Gasteiger partial charge in [0, 0.05) is 13.1 Å². The van der Waals surface area contributed by atoms with Crippen LogP contribution in [0.15, 0.2) is 30.0 Å². The molecule has 104 valence electrons. The van der Waals surface area contributed by atoms with E-state index in [0.717, 1.165) is 24.3 Å². The molecule has 0 fully saturated rings. The van der Waals surface area contributed by atoms with Gasteiger partial charge < -0.3 is 15.4 Å². The first-order valence-electron chi connectivity index (χ1n) is 6.52. The first-order chi connectivity index (χ1) is 9.12. The zero-order valence-corrected chi connectivity index (χ0v) is 11.8.